The highest BCUT2D eigenvalue weighted by molar-refractivity contribution is 6.04. The van der Waals surface area contributed by atoms with Crippen LogP contribution in [-0.2, 0) is 0 Å². The number of rotatable bonds is 5. The van der Waals surface area contributed by atoms with Crippen molar-refractivity contribution in [2.45, 2.75) is 13.8 Å². The van der Waals surface area contributed by atoms with Gasteiger partial charge in [0.2, 0.25) is 5.88 Å². The van der Waals surface area contributed by atoms with Crippen molar-refractivity contribution < 1.29 is 18.3 Å². The van der Waals surface area contributed by atoms with Gasteiger partial charge in [-0.2, -0.15) is 9.61 Å². The van der Waals surface area contributed by atoms with E-state index in [-0.39, 0.29) is 22.9 Å². The van der Waals surface area contributed by atoms with E-state index in [1.54, 1.807) is 42.6 Å². The van der Waals surface area contributed by atoms with E-state index in [4.69, 9.17) is 4.74 Å². The Balaban J connectivity index is 1.36. The molecule has 35 heavy (non-hydrogen) atoms. The number of aromatic nitrogens is 4. The summed E-state index contributed by atoms with van der Waals surface area (Å²) in [6.45, 7) is 3.64. The second-order valence-electron chi connectivity index (χ2n) is 7.84. The number of nitrogens with zero attached hydrogens (tertiary/aromatic N) is 4. The lowest BCUT2D eigenvalue weighted by Gasteiger charge is -2.13. The molecule has 5 rings (SSSR count). The van der Waals surface area contributed by atoms with Gasteiger partial charge in [-0.3, -0.25) is 4.79 Å². The number of hydrogen-bond acceptors (Lipinski definition) is 5. The fourth-order valence-electron chi connectivity index (χ4n) is 3.53. The Morgan fingerprint density at radius 2 is 1.77 bits per heavy atom. The van der Waals surface area contributed by atoms with Crippen molar-refractivity contribution in [1.82, 2.24) is 19.6 Å². The third-order valence-corrected chi connectivity index (χ3v) is 5.49. The highest BCUT2D eigenvalue weighted by Gasteiger charge is 2.17. The molecule has 0 radical (unpaired) electrons. The van der Waals surface area contributed by atoms with E-state index in [1.165, 1.54) is 28.8 Å². The van der Waals surface area contributed by atoms with Crippen LogP contribution in [0.25, 0.3) is 16.9 Å². The van der Waals surface area contributed by atoms with Crippen LogP contribution in [0.3, 0.4) is 0 Å². The highest BCUT2D eigenvalue weighted by Crippen LogP contribution is 2.29. The number of benzene rings is 2. The standard InChI is InChI=1S/C26H19F2N5O2/c1-15-16(2)30-24-12-13-29-33(24)26(15)35-22-11-8-18(14-20(22)28)25(34)32-23-5-3-4-21(31-23)17-6-9-19(27)10-7-17/h3-14H,1-2H3,(H,31,32,34). The quantitative estimate of drug-likeness (QED) is 0.354. The first kappa shape index (κ1) is 22.1. The number of fused-ring (bicyclic) bond motifs is 1. The van der Waals surface area contributed by atoms with Gasteiger partial charge in [-0.05, 0) is 68.4 Å². The Bertz CT molecular complexity index is 1560. The lowest BCUT2D eigenvalue weighted by Crippen LogP contribution is -2.13. The van der Waals surface area contributed by atoms with Gasteiger partial charge in [-0.1, -0.05) is 6.07 Å². The molecular weight excluding hydrogens is 452 g/mol. The predicted molar refractivity (Wildman–Crippen MR) is 127 cm³/mol. The molecule has 0 aliphatic heterocycles. The Kier molecular flexibility index (Phi) is 5.66. The summed E-state index contributed by atoms with van der Waals surface area (Å²) in [5.41, 5.74) is 3.38. The minimum atomic E-state index is -0.708. The topological polar surface area (TPSA) is 81.4 Å². The average Bonchev–Trinajstić information content (AvgIpc) is 3.31. The SMILES string of the molecule is Cc1nc2ccnn2c(Oc2ccc(C(=O)Nc3cccc(-c4ccc(F)cc4)n3)cc2F)c1C. The maximum atomic E-state index is 14.9. The molecule has 1 N–H and O–H groups in total. The zero-order valence-electron chi connectivity index (χ0n) is 18.8. The number of anilines is 1. The highest BCUT2D eigenvalue weighted by atomic mass is 19.1. The summed E-state index contributed by atoms with van der Waals surface area (Å²) in [6, 6.07) is 16.6. The predicted octanol–water partition coefficient (Wildman–Crippen LogP) is 5.73. The molecule has 5 aromatic rings. The largest absolute Gasteiger partial charge is 0.435 e. The molecule has 7 nitrogen and oxygen atoms in total. The average molecular weight is 471 g/mol. The molecule has 3 aromatic heterocycles. The second kappa shape index (κ2) is 8.94. The molecular formula is C26H19F2N5O2. The summed E-state index contributed by atoms with van der Waals surface area (Å²) in [6.07, 6.45) is 1.58. The van der Waals surface area contributed by atoms with Crippen molar-refractivity contribution in [2.75, 3.05) is 5.32 Å². The number of nitrogens with one attached hydrogen (secondary N) is 1. The van der Waals surface area contributed by atoms with E-state index < -0.39 is 11.7 Å². The molecule has 0 fully saturated rings. The maximum Gasteiger partial charge on any atom is 0.256 e. The van der Waals surface area contributed by atoms with E-state index >= 15 is 0 Å². The molecule has 0 bridgehead atoms. The fourth-order valence-corrected chi connectivity index (χ4v) is 3.53. The zero-order valence-corrected chi connectivity index (χ0v) is 18.8. The number of carbonyl (C=O) groups is 1. The molecule has 0 spiro atoms. The van der Waals surface area contributed by atoms with E-state index in [0.29, 0.717) is 22.8 Å². The van der Waals surface area contributed by atoms with Crippen molar-refractivity contribution in [3.8, 4) is 22.9 Å². The van der Waals surface area contributed by atoms with Gasteiger partial charge in [-0.25, -0.2) is 18.7 Å². The summed E-state index contributed by atoms with van der Waals surface area (Å²) < 4.78 is 35.4. The lowest BCUT2D eigenvalue weighted by molar-refractivity contribution is 0.102. The monoisotopic (exact) mass is 471 g/mol. The molecule has 3 heterocycles. The third kappa shape index (κ3) is 4.43. The van der Waals surface area contributed by atoms with Crippen molar-refractivity contribution >= 4 is 17.4 Å². The van der Waals surface area contributed by atoms with Crippen molar-refractivity contribution in [3.05, 3.63) is 101 Å². The van der Waals surface area contributed by atoms with Crippen molar-refractivity contribution in [3.63, 3.8) is 0 Å². The van der Waals surface area contributed by atoms with Crippen LogP contribution in [-0.4, -0.2) is 25.5 Å². The Hall–Kier alpha value is -4.66. The fraction of sp³-hybridized carbons (Fsp3) is 0.0769. The van der Waals surface area contributed by atoms with Crippen LogP contribution in [0.15, 0.2) is 72.9 Å². The molecule has 0 aliphatic rings. The van der Waals surface area contributed by atoms with Crippen LogP contribution in [0.1, 0.15) is 21.6 Å². The number of aryl methyl sites for hydroxylation is 1. The molecule has 9 heteroatoms. The second-order valence-corrected chi connectivity index (χ2v) is 7.84. The van der Waals surface area contributed by atoms with Crippen LogP contribution in [0.5, 0.6) is 11.6 Å². The Morgan fingerprint density at radius 3 is 2.54 bits per heavy atom. The van der Waals surface area contributed by atoms with Crippen LogP contribution in [0, 0.1) is 25.5 Å². The van der Waals surface area contributed by atoms with Crippen LogP contribution in [0.2, 0.25) is 0 Å². The Labute approximate surface area is 199 Å². The molecule has 0 unspecified atom stereocenters. The first-order chi connectivity index (χ1) is 16.9. The maximum absolute atomic E-state index is 14.9. The van der Waals surface area contributed by atoms with Gasteiger partial charge in [0.05, 0.1) is 11.9 Å². The van der Waals surface area contributed by atoms with Crippen molar-refractivity contribution in [2.24, 2.45) is 0 Å². The van der Waals surface area contributed by atoms with Gasteiger partial charge >= 0.3 is 0 Å². The number of ether oxygens (including phenoxy) is 1. The molecule has 174 valence electrons. The number of halogens is 2. The molecule has 0 aliphatic carbocycles. The summed E-state index contributed by atoms with van der Waals surface area (Å²) in [5, 5.41) is 6.85. The summed E-state index contributed by atoms with van der Waals surface area (Å²) >= 11 is 0. The summed E-state index contributed by atoms with van der Waals surface area (Å²) in [7, 11) is 0. The minimum absolute atomic E-state index is 0.0523. The van der Waals surface area contributed by atoms with E-state index in [0.717, 1.165) is 17.3 Å². The van der Waals surface area contributed by atoms with Crippen LogP contribution < -0.4 is 10.1 Å². The molecule has 0 saturated carbocycles. The minimum Gasteiger partial charge on any atom is -0.435 e. The summed E-state index contributed by atoms with van der Waals surface area (Å²) in [5.74, 6) is -1.03. The number of hydrogen-bond donors (Lipinski definition) is 1. The van der Waals surface area contributed by atoms with Gasteiger partial charge in [-0.15, -0.1) is 0 Å². The van der Waals surface area contributed by atoms with Crippen molar-refractivity contribution in [1.29, 1.82) is 0 Å². The van der Waals surface area contributed by atoms with E-state index in [1.807, 2.05) is 13.8 Å². The van der Waals surface area contributed by atoms with Crippen LogP contribution in [0.4, 0.5) is 14.6 Å². The normalized spacial score (nSPS) is 11.0. The number of pyridine rings is 1. The van der Waals surface area contributed by atoms with Crippen LogP contribution >= 0.6 is 0 Å². The van der Waals surface area contributed by atoms with Gasteiger partial charge in [0.1, 0.15) is 11.6 Å². The lowest BCUT2D eigenvalue weighted by atomic mass is 10.1. The molecule has 0 saturated heterocycles. The molecule has 2 aromatic carbocycles. The van der Waals surface area contributed by atoms with Gasteiger partial charge < -0.3 is 10.1 Å². The van der Waals surface area contributed by atoms with E-state index in [2.05, 4.69) is 20.4 Å². The molecule has 1 amide bonds. The summed E-state index contributed by atoms with van der Waals surface area (Å²) in [4.78, 5) is 21.5. The van der Waals surface area contributed by atoms with Gasteiger partial charge in [0, 0.05) is 28.5 Å². The Morgan fingerprint density at radius 1 is 0.971 bits per heavy atom. The first-order valence-electron chi connectivity index (χ1n) is 10.7. The van der Waals surface area contributed by atoms with Gasteiger partial charge in [0.15, 0.2) is 17.2 Å². The number of amides is 1. The zero-order chi connectivity index (χ0) is 24.5. The van der Waals surface area contributed by atoms with Gasteiger partial charge in [0.25, 0.3) is 5.91 Å². The third-order valence-electron chi connectivity index (χ3n) is 5.49. The first-order valence-corrected chi connectivity index (χ1v) is 10.7. The number of carbonyl (C=O) groups excluding carboxylic acids is 1. The van der Waals surface area contributed by atoms with E-state index in [9.17, 15) is 13.6 Å². The molecule has 0 atom stereocenters. The smallest absolute Gasteiger partial charge is 0.256 e.